The first-order valence-electron chi connectivity index (χ1n) is 5.45. The molecule has 0 aromatic heterocycles. The summed E-state index contributed by atoms with van der Waals surface area (Å²) in [6.45, 7) is 4.70. The molecule has 3 rings (SSSR count). The summed E-state index contributed by atoms with van der Waals surface area (Å²) in [6, 6.07) is 0. The number of hydrogen-bond acceptors (Lipinski definition) is 0. The van der Waals surface area contributed by atoms with Crippen LogP contribution in [0.15, 0.2) is 11.6 Å². The lowest BCUT2D eigenvalue weighted by Crippen LogP contribution is -2.16. The number of fused-ring (bicyclic) bond motifs is 3. The van der Waals surface area contributed by atoms with Gasteiger partial charge in [0.15, 0.2) is 0 Å². The van der Waals surface area contributed by atoms with Crippen LogP contribution in [0.3, 0.4) is 0 Å². The normalized spacial score (nSPS) is 58.8. The Bertz CT molecular complexity index is 251. The van der Waals surface area contributed by atoms with Gasteiger partial charge in [-0.05, 0) is 55.8 Å². The van der Waals surface area contributed by atoms with Crippen molar-refractivity contribution in [2.75, 3.05) is 0 Å². The van der Waals surface area contributed by atoms with E-state index < -0.39 is 0 Å². The van der Waals surface area contributed by atoms with Gasteiger partial charge in [-0.1, -0.05) is 18.6 Å². The van der Waals surface area contributed by atoms with Crippen LogP contribution in [0.4, 0.5) is 0 Å². The largest absolute Gasteiger partial charge is 0.0876 e. The Hall–Kier alpha value is -0.260. The topological polar surface area (TPSA) is 0 Å². The van der Waals surface area contributed by atoms with E-state index in [4.69, 9.17) is 0 Å². The van der Waals surface area contributed by atoms with Gasteiger partial charge in [0.25, 0.3) is 0 Å². The Labute approximate surface area is 75.0 Å². The molecule has 0 amide bonds. The maximum absolute atomic E-state index is 2.45. The Balaban J connectivity index is 2.03. The zero-order chi connectivity index (χ0) is 8.34. The summed E-state index contributed by atoms with van der Waals surface area (Å²) in [6.07, 6.45) is 8.51. The lowest BCUT2D eigenvalue weighted by molar-refractivity contribution is 0.359. The van der Waals surface area contributed by atoms with E-state index in [9.17, 15) is 0 Å². The van der Waals surface area contributed by atoms with E-state index >= 15 is 0 Å². The molecule has 3 aliphatic carbocycles. The SMILES string of the molecule is CC=C1C2CCC(C2)C12CC2C. The molecule has 0 radical (unpaired) electrons. The molecular formula is C12H18. The highest BCUT2D eigenvalue weighted by molar-refractivity contribution is 5.35. The third-order valence-corrected chi connectivity index (χ3v) is 4.81. The highest BCUT2D eigenvalue weighted by atomic mass is 14.7. The molecule has 0 saturated heterocycles. The monoisotopic (exact) mass is 162 g/mol. The molecule has 2 bridgehead atoms. The molecule has 0 nitrogen and oxygen atoms in total. The van der Waals surface area contributed by atoms with Gasteiger partial charge >= 0.3 is 0 Å². The van der Waals surface area contributed by atoms with Crippen LogP contribution in [0, 0.1) is 23.2 Å². The summed E-state index contributed by atoms with van der Waals surface area (Å²) in [4.78, 5) is 0. The maximum Gasteiger partial charge on any atom is -0.00282 e. The van der Waals surface area contributed by atoms with E-state index in [-0.39, 0.29) is 0 Å². The average Bonchev–Trinajstić information content (AvgIpc) is 2.54. The van der Waals surface area contributed by atoms with Crippen LogP contribution in [0.25, 0.3) is 0 Å². The van der Waals surface area contributed by atoms with Crippen molar-refractivity contribution in [3.8, 4) is 0 Å². The van der Waals surface area contributed by atoms with Gasteiger partial charge in [-0.2, -0.15) is 0 Å². The number of rotatable bonds is 0. The second kappa shape index (κ2) is 1.97. The van der Waals surface area contributed by atoms with Gasteiger partial charge in [0.05, 0.1) is 0 Å². The fourth-order valence-electron chi connectivity index (χ4n) is 4.27. The van der Waals surface area contributed by atoms with Crippen molar-refractivity contribution < 1.29 is 0 Å². The Morgan fingerprint density at radius 2 is 2.17 bits per heavy atom. The summed E-state index contributed by atoms with van der Waals surface area (Å²) < 4.78 is 0. The van der Waals surface area contributed by atoms with Crippen molar-refractivity contribution in [3.05, 3.63) is 11.6 Å². The van der Waals surface area contributed by atoms with E-state index in [0.717, 1.165) is 23.2 Å². The van der Waals surface area contributed by atoms with Gasteiger partial charge in [-0.3, -0.25) is 0 Å². The first-order chi connectivity index (χ1) is 5.79. The van der Waals surface area contributed by atoms with Gasteiger partial charge in [0.1, 0.15) is 0 Å². The maximum atomic E-state index is 2.45. The zero-order valence-electron chi connectivity index (χ0n) is 8.14. The molecule has 3 saturated carbocycles. The highest BCUT2D eigenvalue weighted by Gasteiger charge is 2.65. The first-order valence-corrected chi connectivity index (χ1v) is 5.45. The number of hydrogen-bond donors (Lipinski definition) is 0. The van der Waals surface area contributed by atoms with Crippen molar-refractivity contribution >= 4 is 0 Å². The zero-order valence-corrected chi connectivity index (χ0v) is 8.14. The molecule has 0 aromatic carbocycles. The number of allylic oxidation sites excluding steroid dienone is 2. The predicted molar refractivity (Wildman–Crippen MR) is 50.8 cm³/mol. The minimum absolute atomic E-state index is 0.748. The summed E-state index contributed by atoms with van der Waals surface area (Å²) in [5.74, 6) is 3.10. The Morgan fingerprint density at radius 1 is 1.42 bits per heavy atom. The predicted octanol–water partition coefficient (Wildman–Crippen LogP) is 3.39. The molecule has 0 N–H and O–H groups in total. The molecule has 4 atom stereocenters. The molecule has 66 valence electrons. The van der Waals surface area contributed by atoms with Crippen LogP contribution < -0.4 is 0 Å². The molecule has 1 spiro atoms. The molecule has 0 aliphatic heterocycles. The van der Waals surface area contributed by atoms with E-state index in [2.05, 4.69) is 19.9 Å². The first kappa shape index (κ1) is 7.17. The Morgan fingerprint density at radius 3 is 2.67 bits per heavy atom. The second-order valence-electron chi connectivity index (χ2n) is 5.10. The highest BCUT2D eigenvalue weighted by Crippen LogP contribution is 2.74. The molecule has 0 heteroatoms. The minimum atomic E-state index is 0.748. The third-order valence-electron chi connectivity index (χ3n) is 4.81. The van der Waals surface area contributed by atoms with Crippen LogP contribution in [-0.4, -0.2) is 0 Å². The van der Waals surface area contributed by atoms with Crippen LogP contribution in [0.5, 0.6) is 0 Å². The van der Waals surface area contributed by atoms with Crippen LogP contribution in [-0.2, 0) is 0 Å². The van der Waals surface area contributed by atoms with Crippen molar-refractivity contribution in [1.29, 1.82) is 0 Å². The fourth-order valence-corrected chi connectivity index (χ4v) is 4.27. The van der Waals surface area contributed by atoms with Crippen LogP contribution in [0.1, 0.15) is 39.5 Å². The van der Waals surface area contributed by atoms with Gasteiger partial charge in [0.2, 0.25) is 0 Å². The average molecular weight is 162 g/mol. The van der Waals surface area contributed by atoms with Gasteiger partial charge in [-0.15, -0.1) is 0 Å². The quantitative estimate of drug-likeness (QED) is 0.479. The summed E-state index contributed by atoms with van der Waals surface area (Å²) >= 11 is 0. The van der Waals surface area contributed by atoms with Gasteiger partial charge in [0, 0.05) is 0 Å². The van der Waals surface area contributed by atoms with Crippen molar-refractivity contribution in [1.82, 2.24) is 0 Å². The minimum Gasteiger partial charge on any atom is -0.0876 e. The van der Waals surface area contributed by atoms with E-state index in [1.165, 1.54) is 25.7 Å². The summed E-state index contributed by atoms with van der Waals surface area (Å²) in [7, 11) is 0. The van der Waals surface area contributed by atoms with Crippen molar-refractivity contribution in [3.63, 3.8) is 0 Å². The van der Waals surface area contributed by atoms with Gasteiger partial charge in [-0.25, -0.2) is 0 Å². The second-order valence-corrected chi connectivity index (χ2v) is 5.10. The molecule has 3 fully saturated rings. The third kappa shape index (κ3) is 0.582. The summed E-state index contributed by atoms with van der Waals surface area (Å²) in [5, 5.41) is 0. The van der Waals surface area contributed by atoms with E-state index in [1.807, 2.05) is 5.57 Å². The van der Waals surface area contributed by atoms with Crippen LogP contribution in [0.2, 0.25) is 0 Å². The Kier molecular flexibility index (Phi) is 1.18. The van der Waals surface area contributed by atoms with Crippen molar-refractivity contribution in [2.24, 2.45) is 23.2 Å². The molecule has 12 heavy (non-hydrogen) atoms. The molecule has 0 heterocycles. The molecule has 4 unspecified atom stereocenters. The fraction of sp³-hybridized carbons (Fsp3) is 0.833. The lowest BCUT2D eigenvalue weighted by atomic mass is 9.79. The lowest BCUT2D eigenvalue weighted by Gasteiger charge is -2.25. The molecular weight excluding hydrogens is 144 g/mol. The smallest absolute Gasteiger partial charge is 0.00282 e. The molecule has 0 aromatic rings. The van der Waals surface area contributed by atoms with Gasteiger partial charge < -0.3 is 0 Å². The summed E-state index contributed by atoms with van der Waals surface area (Å²) in [5.41, 5.74) is 2.60. The van der Waals surface area contributed by atoms with Crippen LogP contribution >= 0.6 is 0 Å². The molecule has 3 aliphatic rings. The standard InChI is InChI=1S/C12H18/c1-3-11-9-4-5-10(6-9)12(11)7-8(12)2/h3,8-10H,4-7H2,1-2H3. The van der Waals surface area contributed by atoms with E-state index in [0.29, 0.717) is 0 Å². The van der Waals surface area contributed by atoms with E-state index in [1.54, 1.807) is 0 Å². The van der Waals surface area contributed by atoms with Crippen molar-refractivity contribution in [2.45, 2.75) is 39.5 Å².